The van der Waals surface area contributed by atoms with Crippen molar-refractivity contribution in [3.63, 3.8) is 0 Å². The Morgan fingerprint density at radius 1 is 1.22 bits per heavy atom. The van der Waals surface area contributed by atoms with Crippen LogP contribution in [0.2, 0.25) is 0 Å². The van der Waals surface area contributed by atoms with E-state index in [1.54, 1.807) is 0 Å². The van der Waals surface area contributed by atoms with Gasteiger partial charge in [-0.15, -0.1) is 24.0 Å². The minimum Gasteiger partial charge on any atom is -0.381 e. The van der Waals surface area contributed by atoms with Gasteiger partial charge in [-0.1, -0.05) is 12.1 Å². The van der Waals surface area contributed by atoms with E-state index in [9.17, 15) is 4.79 Å². The SMILES string of the molecule is CCNC(=O)c1ccc(CNC(=NC)N(C)CCC2CCOCC2)cc1.I. The minimum absolute atomic E-state index is 0. The summed E-state index contributed by atoms with van der Waals surface area (Å²) in [6, 6.07) is 7.68. The highest BCUT2D eigenvalue weighted by Crippen LogP contribution is 2.18. The average molecular weight is 488 g/mol. The van der Waals surface area contributed by atoms with Gasteiger partial charge in [0, 0.05) is 52.5 Å². The topological polar surface area (TPSA) is 66.0 Å². The zero-order chi connectivity index (χ0) is 18.8. The molecule has 1 aromatic carbocycles. The van der Waals surface area contributed by atoms with E-state index in [0.717, 1.165) is 50.0 Å². The van der Waals surface area contributed by atoms with Crippen LogP contribution in [0.3, 0.4) is 0 Å². The van der Waals surface area contributed by atoms with Crippen LogP contribution in [-0.2, 0) is 11.3 Å². The second-order valence-corrected chi connectivity index (χ2v) is 6.72. The van der Waals surface area contributed by atoms with Crippen LogP contribution in [0.15, 0.2) is 29.3 Å². The standard InChI is InChI=1S/C20H32N4O2.HI/c1-4-22-19(25)18-7-5-17(6-8-18)15-23-20(21-2)24(3)12-9-16-10-13-26-14-11-16;/h5-8,16H,4,9-15H2,1-3H3,(H,21,23)(H,22,25);1H. The molecule has 27 heavy (non-hydrogen) atoms. The molecule has 2 rings (SSSR count). The molecule has 0 bridgehead atoms. The second-order valence-electron chi connectivity index (χ2n) is 6.72. The Kier molecular flexibility index (Phi) is 11.3. The molecule has 1 aliphatic heterocycles. The monoisotopic (exact) mass is 488 g/mol. The van der Waals surface area contributed by atoms with Gasteiger partial charge in [-0.25, -0.2) is 0 Å². The molecule has 0 radical (unpaired) electrons. The molecule has 0 atom stereocenters. The predicted molar refractivity (Wildman–Crippen MR) is 121 cm³/mol. The molecule has 0 unspecified atom stereocenters. The molecule has 1 fully saturated rings. The average Bonchev–Trinajstić information content (AvgIpc) is 2.68. The van der Waals surface area contributed by atoms with E-state index in [0.29, 0.717) is 18.7 Å². The molecule has 0 aromatic heterocycles. The normalized spacial score (nSPS) is 15.0. The summed E-state index contributed by atoms with van der Waals surface area (Å²) in [6.07, 6.45) is 3.50. The van der Waals surface area contributed by atoms with E-state index in [1.165, 1.54) is 6.42 Å². The van der Waals surface area contributed by atoms with Gasteiger partial charge in [0.2, 0.25) is 0 Å². The molecule has 2 N–H and O–H groups in total. The first-order valence-electron chi connectivity index (χ1n) is 9.50. The molecule has 1 saturated heterocycles. The lowest BCUT2D eigenvalue weighted by Crippen LogP contribution is -2.39. The molecule has 0 aliphatic carbocycles. The molecule has 1 aromatic rings. The van der Waals surface area contributed by atoms with Gasteiger partial charge in [-0.3, -0.25) is 9.79 Å². The number of guanidine groups is 1. The molecule has 1 amide bonds. The van der Waals surface area contributed by atoms with E-state index in [-0.39, 0.29) is 29.9 Å². The number of benzene rings is 1. The van der Waals surface area contributed by atoms with Crippen molar-refractivity contribution in [3.05, 3.63) is 35.4 Å². The van der Waals surface area contributed by atoms with Crippen molar-refractivity contribution in [2.75, 3.05) is 40.4 Å². The number of hydrogen-bond donors (Lipinski definition) is 2. The predicted octanol–water partition coefficient (Wildman–Crippen LogP) is 2.88. The summed E-state index contributed by atoms with van der Waals surface area (Å²) in [5, 5.41) is 6.21. The van der Waals surface area contributed by atoms with Crippen molar-refractivity contribution >= 4 is 35.8 Å². The maximum Gasteiger partial charge on any atom is 0.251 e. The summed E-state index contributed by atoms with van der Waals surface area (Å²) < 4.78 is 5.42. The summed E-state index contributed by atoms with van der Waals surface area (Å²) in [6.45, 7) is 6.02. The number of nitrogens with one attached hydrogen (secondary N) is 2. The van der Waals surface area contributed by atoms with Crippen LogP contribution in [-0.4, -0.2) is 57.2 Å². The molecular formula is C20H33IN4O2. The lowest BCUT2D eigenvalue weighted by Gasteiger charge is -2.26. The Morgan fingerprint density at radius 2 is 1.89 bits per heavy atom. The quantitative estimate of drug-likeness (QED) is 0.352. The zero-order valence-corrected chi connectivity index (χ0v) is 19.0. The van der Waals surface area contributed by atoms with E-state index in [2.05, 4.69) is 27.6 Å². The lowest BCUT2D eigenvalue weighted by molar-refractivity contribution is 0.0625. The maximum atomic E-state index is 11.8. The summed E-state index contributed by atoms with van der Waals surface area (Å²) in [5.41, 5.74) is 1.81. The fourth-order valence-electron chi connectivity index (χ4n) is 3.12. The van der Waals surface area contributed by atoms with Crippen LogP contribution in [0.5, 0.6) is 0 Å². The second kappa shape index (κ2) is 12.9. The summed E-state index contributed by atoms with van der Waals surface area (Å²) in [4.78, 5) is 18.4. The Hall–Kier alpha value is -1.35. The van der Waals surface area contributed by atoms with E-state index in [4.69, 9.17) is 4.74 Å². The van der Waals surface area contributed by atoms with Gasteiger partial charge in [0.25, 0.3) is 5.91 Å². The first-order chi connectivity index (χ1) is 12.6. The molecule has 6 nitrogen and oxygen atoms in total. The van der Waals surface area contributed by atoms with Crippen molar-refractivity contribution in [2.45, 2.75) is 32.7 Å². The van der Waals surface area contributed by atoms with Crippen molar-refractivity contribution in [3.8, 4) is 0 Å². The van der Waals surface area contributed by atoms with Crippen LogP contribution in [0, 0.1) is 5.92 Å². The lowest BCUT2D eigenvalue weighted by atomic mass is 9.96. The molecule has 0 spiro atoms. The van der Waals surface area contributed by atoms with Crippen LogP contribution in [0.25, 0.3) is 0 Å². The fourth-order valence-corrected chi connectivity index (χ4v) is 3.12. The van der Waals surface area contributed by atoms with E-state index in [1.807, 2.05) is 38.2 Å². The smallest absolute Gasteiger partial charge is 0.251 e. The number of hydrogen-bond acceptors (Lipinski definition) is 3. The molecular weight excluding hydrogens is 455 g/mol. The van der Waals surface area contributed by atoms with E-state index < -0.39 is 0 Å². The van der Waals surface area contributed by atoms with Gasteiger partial charge in [-0.05, 0) is 49.8 Å². The van der Waals surface area contributed by atoms with Crippen molar-refractivity contribution in [1.29, 1.82) is 0 Å². The molecule has 0 saturated carbocycles. The highest BCUT2D eigenvalue weighted by atomic mass is 127. The van der Waals surface area contributed by atoms with Gasteiger partial charge < -0.3 is 20.3 Å². The van der Waals surface area contributed by atoms with E-state index >= 15 is 0 Å². The largest absolute Gasteiger partial charge is 0.381 e. The molecule has 1 heterocycles. The van der Waals surface area contributed by atoms with Gasteiger partial charge in [0.15, 0.2) is 5.96 Å². The number of aliphatic imine (C=N–C) groups is 1. The highest BCUT2D eigenvalue weighted by molar-refractivity contribution is 14.0. The van der Waals surface area contributed by atoms with Crippen LogP contribution in [0.1, 0.15) is 42.1 Å². The first-order valence-corrected chi connectivity index (χ1v) is 9.50. The summed E-state index contributed by atoms with van der Waals surface area (Å²) in [7, 11) is 3.89. The Labute approximate surface area is 180 Å². The Bertz CT molecular complexity index is 586. The summed E-state index contributed by atoms with van der Waals surface area (Å²) >= 11 is 0. The molecule has 7 heteroatoms. The van der Waals surface area contributed by atoms with Gasteiger partial charge in [0.1, 0.15) is 0 Å². The molecule has 1 aliphatic rings. The number of nitrogens with zero attached hydrogens (tertiary/aromatic N) is 2. The third-order valence-electron chi connectivity index (χ3n) is 4.79. The summed E-state index contributed by atoms with van der Waals surface area (Å²) in [5.74, 6) is 1.62. The number of rotatable bonds is 7. The van der Waals surface area contributed by atoms with Gasteiger partial charge in [0.05, 0.1) is 0 Å². The third-order valence-corrected chi connectivity index (χ3v) is 4.79. The van der Waals surface area contributed by atoms with Gasteiger partial charge >= 0.3 is 0 Å². The van der Waals surface area contributed by atoms with Crippen molar-refractivity contribution in [1.82, 2.24) is 15.5 Å². The van der Waals surface area contributed by atoms with Crippen LogP contribution < -0.4 is 10.6 Å². The zero-order valence-electron chi connectivity index (χ0n) is 16.7. The number of amides is 1. The third kappa shape index (κ3) is 8.04. The molecule has 152 valence electrons. The van der Waals surface area contributed by atoms with Crippen LogP contribution in [0.4, 0.5) is 0 Å². The fraction of sp³-hybridized carbons (Fsp3) is 0.600. The van der Waals surface area contributed by atoms with Crippen molar-refractivity contribution < 1.29 is 9.53 Å². The highest BCUT2D eigenvalue weighted by Gasteiger charge is 2.15. The Morgan fingerprint density at radius 3 is 2.48 bits per heavy atom. The van der Waals surface area contributed by atoms with Crippen LogP contribution >= 0.6 is 24.0 Å². The number of ether oxygens (including phenoxy) is 1. The Balaban J connectivity index is 0.00000364. The van der Waals surface area contributed by atoms with Gasteiger partial charge in [-0.2, -0.15) is 0 Å². The number of carbonyl (C=O) groups is 1. The number of halogens is 1. The first kappa shape index (κ1) is 23.7. The minimum atomic E-state index is -0.0318. The number of carbonyl (C=O) groups excluding carboxylic acids is 1. The van der Waals surface area contributed by atoms with Crippen molar-refractivity contribution in [2.24, 2.45) is 10.9 Å². The maximum absolute atomic E-state index is 11.8.